The lowest BCUT2D eigenvalue weighted by Gasteiger charge is -2.33. The van der Waals surface area contributed by atoms with E-state index in [0.717, 1.165) is 39.5 Å². The number of carbonyl (C=O) groups is 2. The third-order valence-corrected chi connectivity index (χ3v) is 20.7. The number of nitrogens with one attached hydrogen (secondary N) is 1. The van der Waals surface area contributed by atoms with Gasteiger partial charge in [-0.25, -0.2) is 4.39 Å². The van der Waals surface area contributed by atoms with Crippen molar-refractivity contribution in [3.63, 3.8) is 0 Å². The Hall–Kier alpha value is -0.341. The number of hydrogen-bond donors (Lipinski definition) is 2. The van der Waals surface area contributed by atoms with Crippen LogP contribution in [0.15, 0.2) is 12.2 Å². The number of ketones is 1. The zero-order chi connectivity index (χ0) is 91.9. The first-order chi connectivity index (χ1) is 56.1. The molecule has 53 heteroatoms. The highest BCUT2D eigenvalue weighted by Crippen LogP contribution is 2.44. The SMILES string of the molecule is [B]CC(=O)N(CCNC)CC(C)=O.[B][C@@H]1O[C@H](COC)C(OP(C)(=O)[O-])[C@@H]1F.[B][C@@H]1O[C@H](COC)C(OP(C)(=O)[O-])[C@@H]1OC.[B][C@@H]1O[C@H](COC)C(OP(C)(=O)[O-])[C@@H]1OCCCN.[B][C@@H]1O[C@H](COC)C(OP(C)(=O)[O-])[C@@H]1OCCOC.[B][C@H]1C=CC(COC)C(OC)C1.[B][C@H]1CC(OP(C)([O-])=S)[C@@H](COC)O1.[B][C@H]1COC(COC)C(OC)C1. The number of carbonyl (C=O) groups excluding carboxylic acids is 2. The van der Waals surface area contributed by atoms with Crippen LogP contribution in [-0.2, 0) is 152 Å². The van der Waals surface area contributed by atoms with E-state index in [4.69, 9.17) is 188 Å². The Balaban J connectivity index is 0.00000136. The third-order valence-electron chi connectivity index (χ3n) is 17.3. The molecule has 6 aliphatic heterocycles. The Bertz CT molecular complexity index is 2950. The molecule has 0 saturated carbocycles. The van der Waals surface area contributed by atoms with E-state index in [1.807, 2.05) is 6.08 Å². The van der Waals surface area contributed by atoms with Gasteiger partial charge in [0, 0.05) is 161 Å². The van der Waals surface area contributed by atoms with Gasteiger partial charge in [-0.1, -0.05) is 35.6 Å². The van der Waals surface area contributed by atoms with E-state index >= 15 is 0 Å². The molecule has 1 aliphatic carbocycles. The van der Waals surface area contributed by atoms with Crippen LogP contribution in [0.2, 0.25) is 18.0 Å². The van der Waals surface area contributed by atoms with Crippen molar-refractivity contribution in [2.45, 2.75) is 184 Å². The van der Waals surface area contributed by atoms with Crippen molar-refractivity contribution in [3.05, 3.63) is 12.2 Å². The van der Waals surface area contributed by atoms with Crippen molar-refractivity contribution >= 4 is 123 Å². The average Bonchev–Trinajstić information content (AvgIpc) is 1.66. The zero-order valence-corrected chi connectivity index (χ0v) is 77.5. The predicted octanol–water partition coefficient (Wildman–Crippen LogP) is -3.12. The molecule has 120 heavy (non-hydrogen) atoms. The first-order valence-corrected chi connectivity index (χ1v) is 49.0. The summed E-state index contributed by atoms with van der Waals surface area (Å²) in [7, 11) is 47.9. The van der Waals surface area contributed by atoms with E-state index in [9.17, 15) is 56.7 Å². The van der Waals surface area contributed by atoms with Crippen LogP contribution in [0.4, 0.5) is 4.39 Å². The molecule has 3 N–H and O–H groups in total. The maximum atomic E-state index is 13.4. The fourth-order valence-electron chi connectivity index (χ4n) is 12.2. The van der Waals surface area contributed by atoms with Gasteiger partial charge in [0.15, 0.2) is 0 Å². The molecule has 6 heterocycles. The number of rotatable bonds is 41. The van der Waals surface area contributed by atoms with Crippen molar-refractivity contribution in [1.82, 2.24) is 10.2 Å². The topological polar surface area (TPSA) is 481 Å². The second-order valence-electron chi connectivity index (χ2n) is 28.1. The van der Waals surface area contributed by atoms with Crippen LogP contribution in [0.25, 0.3) is 0 Å². The van der Waals surface area contributed by atoms with E-state index < -0.39 is 134 Å². The van der Waals surface area contributed by atoms with E-state index in [1.165, 1.54) is 61.1 Å². The lowest BCUT2D eigenvalue weighted by atomic mass is 9.75. The molecule has 0 bridgehead atoms. The van der Waals surface area contributed by atoms with Gasteiger partial charge < -0.3 is 171 Å². The molecule has 6 fully saturated rings. The average molecular weight is 1820 g/mol. The van der Waals surface area contributed by atoms with Crippen LogP contribution in [-0.4, -0.2) is 431 Å². The highest BCUT2D eigenvalue weighted by atomic mass is 32.5. The maximum absolute atomic E-state index is 13.4. The van der Waals surface area contributed by atoms with Gasteiger partial charge in [-0.2, -0.15) is 0 Å². The molecule has 0 aromatic carbocycles. The normalized spacial score (nSPS) is 33.6. The second kappa shape index (κ2) is 63.6. The summed E-state index contributed by atoms with van der Waals surface area (Å²) in [6.07, 6.45) is -3.08. The van der Waals surface area contributed by atoms with Crippen LogP contribution in [0.1, 0.15) is 32.6 Å². The molecule has 0 aromatic rings. The number of likely N-dealkylation sites (N-methyl/N-ethyl adjacent to an activating group) is 1. The molecule has 6 saturated heterocycles. The van der Waals surface area contributed by atoms with Gasteiger partial charge >= 0.3 is 0 Å². The maximum Gasteiger partial charge on any atom is 0.214 e. The number of ether oxygens (including phenoxy) is 19. The lowest BCUT2D eigenvalue weighted by molar-refractivity contribution is -0.206. The molecule has 14 unspecified atom stereocenters. The summed E-state index contributed by atoms with van der Waals surface area (Å²) in [4.78, 5) is 79.3. The quantitative estimate of drug-likeness (QED) is 0.0265. The Morgan fingerprint density at radius 1 is 0.508 bits per heavy atom. The number of alkyl halides is 1. The summed E-state index contributed by atoms with van der Waals surface area (Å²) in [6.45, 7) is 9.43. The first-order valence-electron chi connectivity index (χ1n) is 38.0. The number of Topliss-reactive ketones (excluding diaryl/α,β-unsaturated/α-hetero) is 1. The highest BCUT2D eigenvalue weighted by molar-refractivity contribution is 8.08. The smallest absolute Gasteiger partial charge is 0.214 e. The van der Waals surface area contributed by atoms with Gasteiger partial charge in [-0.3, -0.25) is 9.59 Å². The van der Waals surface area contributed by atoms with Gasteiger partial charge in [-0.05, 0) is 65.7 Å². The van der Waals surface area contributed by atoms with Crippen molar-refractivity contribution in [2.75, 3.05) is 217 Å². The lowest BCUT2D eigenvalue weighted by Crippen LogP contribution is -2.40. The molecule has 0 spiro atoms. The summed E-state index contributed by atoms with van der Waals surface area (Å²) in [6, 6.07) is -3.81. The summed E-state index contributed by atoms with van der Waals surface area (Å²) >= 11 is 4.69. The van der Waals surface area contributed by atoms with Gasteiger partial charge in [0.05, 0.1) is 114 Å². The van der Waals surface area contributed by atoms with Crippen molar-refractivity contribution in [1.29, 1.82) is 0 Å². The molecular formula is C67H124B8FN3O35P5S-5. The van der Waals surface area contributed by atoms with Crippen LogP contribution < -0.4 is 35.5 Å². The second-order valence-corrected chi connectivity index (χ2v) is 38.9. The van der Waals surface area contributed by atoms with Gasteiger partial charge in [0.2, 0.25) is 5.91 Å². The zero-order valence-electron chi connectivity index (χ0n) is 72.2. The number of hydrogen-bond acceptors (Lipinski definition) is 38. The minimum Gasteiger partial charge on any atom is -0.801 e. The molecule has 7 rings (SSSR count). The Labute approximate surface area is 724 Å². The first kappa shape index (κ1) is 120. The number of allylic oxidation sites excluding steroid dienone is 1. The van der Waals surface area contributed by atoms with Gasteiger partial charge in [0.25, 0.3) is 0 Å². The summed E-state index contributed by atoms with van der Waals surface area (Å²) in [5.41, 5.74) is 5.37. The summed E-state index contributed by atoms with van der Waals surface area (Å²) in [5.74, 6) is 0.384. The number of nitrogens with two attached hydrogens (primary N) is 1. The molecule has 684 valence electrons. The minimum absolute atomic E-state index is 0.0266. The molecule has 0 aromatic heterocycles. The molecule has 38 nitrogen and oxygen atoms in total. The number of amides is 1. The van der Waals surface area contributed by atoms with Crippen LogP contribution in [0, 0.1) is 5.92 Å². The third kappa shape index (κ3) is 50.7. The minimum atomic E-state index is -4.02. The molecule has 1 amide bonds. The largest absolute Gasteiger partial charge is 0.801 e. The van der Waals surface area contributed by atoms with E-state index in [2.05, 4.69) is 15.9 Å². The van der Waals surface area contributed by atoms with Crippen LogP contribution >= 0.6 is 36.9 Å². The molecule has 30 atom stereocenters. The Morgan fingerprint density at radius 2 is 0.925 bits per heavy atom. The van der Waals surface area contributed by atoms with Crippen molar-refractivity contribution in [3.8, 4) is 0 Å². The predicted molar refractivity (Wildman–Crippen MR) is 443 cm³/mol. The summed E-state index contributed by atoms with van der Waals surface area (Å²) < 4.78 is 181. The molecule has 16 radical (unpaired) electrons. The fourth-order valence-corrected chi connectivity index (χ4v) is 16.0. The van der Waals surface area contributed by atoms with Crippen molar-refractivity contribution in [2.24, 2.45) is 11.7 Å². The highest BCUT2D eigenvalue weighted by Gasteiger charge is 2.48. The van der Waals surface area contributed by atoms with Crippen LogP contribution in [0.5, 0.6) is 0 Å². The van der Waals surface area contributed by atoms with E-state index in [0.29, 0.717) is 78.0 Å². The monoisotopic (exact) mass is 1820 g/mol. The van der Waals surface area contributed by atoms with E-state index in [-0.39, 0.29) is 106 Å². The van der Waals surface area contributed by atoms with Crippen LogP contribution in [0.3, 0.4) is 0 Å². The molecular weight excluding hydrogens is 1700 g/mol. The number of nitrogens with zero attached hydrogens (tertiary/aromatic N) is 1. The van der Waals surface area contributed by atoms with Crippen molar-refractivity contribution < 1.29 is 169 Å². The van der Waals surface area contributed by atoms with E-state index in [1.54, 1.807) is 42.6 Å². The van der Waals surface area contributed by atoms with Gasteiger partial charge in [0.1, 0.15) is 161 Å². The fraction of sp³-hybridized carbons (Fsp3) is 0.940. The standard InChI is InChI=1S/C10H21BNO6P.C10H20BO7P.C9H15BO2.C8H15BN2O2.C8H16BO6P.C8H15BO3.C7H13BFO5P.C7H14BO4PS/c1-15-6-7-8(18-19(2,13)14)9(10(11)17-7)16-5-3-4-12;1-14-4-5-16-9-8(18-19(3,12)13)7(6-15-2)17-10(9)11;1-11-6-7-3-4-8(10)5-9(7)12-2;1-7(12)6-11(4-3-10-2)8(13)5-9;1-12-4-5-6(15-16(3,10)11)7(13-2)8(9)14-5;1-10-5-8-7(11-2)3-6(9)4-12-8;1-12-3-4-6(14-15(2,10)11)5(9)7(8)13-4;1-10-4-6-5(3-7(8)11-6)12-13(2,9)14/h7-10H,3-6,12H2,1-2H3,(H,13,14);7-10H,4-6H2,1-3H3,(H,12,13);3-4,7-9H,5-6H2,1-2H3;10H,3-6H2,1-2H3;5-8H,4H2,1-3H3,(H,10,11);6-8H,3-5H2,1-2H3;4-7H,3H2,1-2H3,(H,10,11);5-7H,3-4H2,1-2H3,(H,9,14)/p-5/t2*7-,8?,9+,10-;7?,8-,9?;;5-,6?,7+,8-;6-,7?,8?;4-,5+,6?,7-;5?,6-,7-,13?/m110.1111/s1. The number of halogens is 1. The number of methoxy groups -OCH3 is 11. The molecule has 7 aliphatic rings. The summed E-state index contributed by atoms with van der Waals surface area (Å²) in [5, 5.41) is 2.90. The Morgan fingerprint density at radius 3 is 1.32 bits per heavy atom. The Kier molecular flexibility index (Phi) is 63.5. The van der Waals surface area contributed by atoms with Gasteiger partial charge in [-0.15, -0.1) is 0 Å².